The van der Waals surface area contributed by atoms with Crippen molar-refractivity contribution in [2.24, 2.45) is 5.73 Å². The first-order valence-corrected chi connectivity index (χ1v) is 6.32. The van der Waals surface area contributed by atoms with Gasteiger partial charge >= 0.3 is 0 Å². The van der Waals surface area contributed by atoms with Crippen molar-refractivity contribution < 1.29 is 4.79 Å². The molecule has 5 nitrogen and oxygen atoms in total. The SMILES string of the molecule is NC(=O)c1ccc(N)cc1NCCN1CCCC1. The summed E-state index contributed by atoms with van der Waals surface area (Å²) in [5.41, 5.74) is 12.9. The Hall–Kier alpha value is -1.75. The minimum Gasteiger partial charge on any atom is -0.399 e. The molecule has 0 atom stereocenters. The van der Waals surface area contributed by atoms with E-state index in [1.54, 1.807) is 18.2 Å². The largest absolute Gasteiger partial charge is 0.399 e. The van der Waals surface area contributed by atoms with Crippen LogP contribution < -0.4 is 16.8 Å². The number of nitrogens with zero attached hydrogens (tertiary/aromatic N) is 1. The number of nitrogens with two attached hydrogens (primary N) is 2. The summed E-state index contributed by atoms with van der Waals surface area (Å²) in [7, 11) is 0. The maximum Gasteiger partial charge on any atom is 0.250 e. The van der Waals surface area contributed by atoms with Crippen molar-refractivity contribution in [3.63, 3.8) is 0 Å². The lowest BCUT2D eigenvalue weighted by Crippen LogP contribution is -2.26. The summed E-state index contributed by atoms with van der Waals surface area (Å²) in [4.78, 5) is 13.7. The van der Waals surface area contributed by atoms with E-state index >= 15 is 0 Å². The zero-order valence-corrected chi connectivity index (χ0v) is 10.5. The molecule has 1 saturated heterocycles. The van der Waals surface area contributed by atoms with Crippen LogP contribution in [0.5, 0.6) is 0 Å². The van der Waals surface area contributed by atoms with Crippen LogP contribution in [0, 0.1) is 0 Å². The van der Waals surface area contributed by atoms with Gasteiger partial charge in [-0.05, 0) is 44.1 Å². The average molecular weight is 248 g/mol. The van der Waals surface area contributed by atoms with Gasteiger partial charge in [-0.15, -0.1) is 0 Å². The average Bonchev–Trinajstić information content (AvgIpc) is 2.82. The fourth-order valence-electron chi connectivity index (χ4n) is 2.28. The molecule has 98 valence electrons. The maximum atomic E-state index is 11.3. The van der Waals surface area contributed by atoms with Crippen LogP contribution in [0.25, 0.3) is 0 Å². The number of nitrogens with one attached hydrogen (secondary N) is 1. The number of hydrogen-bond acceptors (Lipinski definition) is 4. The Balaban J connectivity index is 1.94. The molecule has 1 fully saturated rings. The van der Waals surface area contributed by atoms with E-state index in [-0.39, 0.29) is 0 Å². The number of carbonyl (C=O) groups excluding carboxylic acids is 1. The summed E-state index contributed by atoms with van der Waals surface area (Å²) < 4.78 is 0. The Morgan fingerprint density at radius 1 is 1.33 bits per heavy atom. The molecule has 1 heterocycles. The Labute approximate surface area is 107 Å². The Morgan fingerprint density at radius 3 is 2.72 bits per heavy atom. The van der Waals surface area contributed by atoms with Gasteiger partial charge in [0.25, 0.3) is 5.91 Å². The monoisotopic (exact) mass is 248 g/mol. The van der Waals surface area contributed by atoms with Crippen molar-refractivity contribution in [1.29, 1.82) is 0 Å². The van der Waals surface area contributed by atoms with Gasteiger partial charge in [-0.1, -0.05) is 0 Å². The summed E-state index contributed by atoms with van der Waals surface area (Å²) in [5.74, 6) is -0.432. The number of nitrogen functional groups attached to an aromatic ring is 1. The third-order valence-electron chi connectivity index (χ3n) is 3.25. The summed E-state index contributed by atoms with van der Waals surface area (Å²) in [5, 5.41) is 3.24. The minimum absolute atomic E-state index is 0.432. The predicted molar refractivity (Wildman–Crippen MR) is 73.5 cm³/mol. The van der Waals surface area contributed by atoms with Crippen molar-refractivity contribution in [3.8, 4) is 0 Å². The maximum absolute atomic E-state index is 11.3. The molecule has 0 aliphatic carbocycles. The Morgan fingerprint density at radius 2 is 2.06 bits per heavy atom. The van der Waals surface area contributed by atoms with Gasteiger partial charge in [-0.3, -0.25) is 4.79 Å². The van der Waals surface area contributed by atoms with Gasteiger partial charge in [0.15, 0.2) is 0 Å². The Bertz CT molecular complexity index is 427. The third kappa shape index (κ3) is 3.13. The first-order valence-electron chi connectivity index (χ1n) is 6.32. The van der Waals surface area contributed by atoms with E-state index in [1.165, 1.54) is 25.9 Å². The van der Waals surface area contributed by atoms with Crippen LogP contribution in [0.1, 0.15) is 23.2 Å². The highest BCUT2D eigenvalue weighted by Gasteiger charge is 2.12. The fourth-order valence-corrected chi connectivity index (χ4v) is 2.28. The van der Waals surface area contributed by atoms with Crippen molar-refractivity contribution >= 4 is 17.3 Å². The zero-order valence-electron chi connectivity index (χ0n) is 10.5. The molecule has 1 aromatic carbocycles. The number of carbonyl (C=O) groups is 1. The van der Waals surface area contributed by atoms with E-state index in [1.807, 2.05) is 0 Å². The molecule has 1 amide bonds. The van der Waals surface area contributed by atoms with Crippen LogP contribution >= 0.6 is 0 Å². The van der Waals surface area contributed by atoms with Crippen LogP contribution in [0.2, 0.25) is 0 Å². The van der Waals surface area contributed by atoms with Gasteiger partial charge in [-0.2, -0.15) is 0 Å². The van der Waals surface area contributed by atoms with E-state index in [4.69, 9.17) is 11.5 Å². The van der Waals surface area contributed by atoms with E-state index in [0.29, 0.717) is 11.3 Å². The van der Waals surface area contributed by atoms with E-state index < -0.39 is 5.91 Å². The molecule has 0 unspecified atom stereocenters. The molecule has 1 aliphatic rings. The molecule has 18 heavy (non-hydrogen) atoms. The first kappa shape index (κ1) is 12.7. The second kappa shape index (κ2) is 5.73. The fraction of sp³-hybridized carbons (Fsp3) is 0.462. The normalized spacial score (nSPS) is 15.8. The molecule has 5 N–H and O–H groups in total. The molecular weight excluding hydrogens is 228 g/mol. The number of amides is 1. The first-order chi connectivity index (χ1) is 8.66. The lowest BCUT2D eigenvalue weighted by Gasteiger charge is -2.16. The minimum atomic E-state index is -0.432. The van der Waals surface area contributed by atoms with Crippen LogP contribution in [0.3, 0.4) is 0 Å². The van der Waals surface area contributed by atoms with Crippen molar-refractivity contribution in [3.05, 3.63) is 23.8 Å². The van der Waals surface area contributed by atoms with Gasteiger partial charge in [0.2, 0.25) is 0 Å². The molecule has 0 aromatic heterocycles. The van der Waals surface area contributed by atoms with Gasteiger partial charge < -0.3 is 21.7 Å². The predicted octanol–water partition coefficient (Wildman–Crippen LogP) is 0.875. The highest BCUT2D eigenvalue weighted by atomic mass is 16.1. The standard InChI is InChI=1S/C13H20N4O/c14-10-3-4-11(13(15)18)12(9-10)16-5-8-17-6-1-2-7-17/h3-4,9,16H,1-2,5-8,14H2,(H2,15,18). The van der Waals surface area contributed by atoms with Crippen molar-refractivity contribution in [2.75, 3.05) is 37.2 Å². The number of likely N-dealkylation sites (tertiary alicyclic amines) is 1. The zero-order chi connectivity index (χ0) is 13.0. The van der Waals surface area contributed by atoms with E-state index in [0.717, 1.165) is 18.8 Å². The molecule has 2 rings (SSSR count). The molecular formula is C13H20N4O. The number of rotatable bonds is 5. The quantitative estimate of drug-likeness (QED) is 0.675. The van der Waals surface area contributed by atoms with Crippen LogP contribution in [0.4, 0.5) is 11.4 Å². The summed E-state index contributed by atoms with van der Waals surface area (Å²) in [6.45, 7) is 4.11. The highest BCUT2D eigenvalue weighted by Crippen LogP contribution is 2.18. The Kier molecular flexibility index (Phi) is 4.04. The summed E-state index contributed by atoms with van der Waals surface area (Å²) in [6.07, 6.45) is 2.57. The molecule has 0 bridgehead atoms. The lowest BCUT2D eigenvalue weighted by atomic mass is 10.1. The summed E-state index contributed by atoms with van der Waals surface area (Å²) in [6, 6.07) is 5.10. The third-order valence-corrected chi connectivity index (χ3v) is 3.25. The molecule has 5 heteroatoms. The smallest absolute Gasteiger partial charge is 0.250 e. The summed E-state index contributed by atoms with van der Waals surface area (Å²) >= 11 is 0. The second-order valence-corrected chi connectivity index (χ2v) is 4.64. The molecule has 1 aromatic rings. The number of benzene rings is 1. The number of anilines is 2. The highest BCUT2D eigenvalue weighted by molar-refractivity contribution is 5.99. The van der Waals surface area contributed by atoms with Gasteiger partial charge in [0.1, 0.15) is 0 Å². The number of primary amides is 1. The molecule has 0 spiro atoms. The van der Waals surface area contributed by atoms with Crippen LogP contribution in [0.15, 0.2) is 18.2 Å². The van der Waals surface area contributed by atoms with Crippen molar-refractivity contribution in [1.82, 2.24) is 4.90 Å². The van der Waals surface area contributed by atoms with E-state index in [9.17, 15) is 4.79 Å². The van der Waals surface area contributed by atoms with Crippen molar-refractivity contribution in [2.45, 2.75) is 12.8 Å². The molecule has 0 radical (unpaired) electrons. The molecule has 0 saturated carbocycles. The van der Waals surface area contributed by atoms with Gasteiger partial charge in [0, 0.05) is 24.5 Å². The second-order valence-electron chi connectivity index (χ2n) is 4.64. The topological polar surface area (TPSA) is 84.4 Å². The van der Waals surface area contributed by atoms with Gasteiger partial charge in [-0.25, -0.2) is 0 Å². The number of hydrogen-bond donors (Lipinski definition) is 3. The molecule has 1 aliphatic heterocycles. The van der Waals surface area contributed by atoms with Crippen LogP contribution in [-0.4, -0.2) is 37.0 Å². The van der Waals surface area contributed by atoms with Gasteiger partial charge in [0.05, 0.1) is 5.56 Å². The van der Waals surface area contributed by atoms with Crippen LogP contribution in [-0.2, 0) is 0 Å². The lowest BCUT2D eigenvalue weighted by molar-refractivity contribution is 0.100. The van der Waals surface area contributed by atoms with E-state index in [2.05, 4.69) is 10.2 Å².